The Morgan fingerprint density at radius 2 is 1.93 bits per heavy atom. The van der Waals surface area contributed by atoms with Crippen LogP contribution in [-0.4, -0.2) is 64.7 Å². The summed E-state index contributed by atoms with van der Waals surface area (Å²) in [6.07, 6.45) is 0.938. The molecule has 212 valence electrons. The monoisotopic (exact) mass is 576 g/mol. The summed E-state index contributed by atoms with van der Waals surface area (Å²) in [6.45, 7) is 3.74. The van der Waals surface area contributed by atoms with E-state index in [2.05, 4.69) is 40.9 Å². The van der Waals surface area contributed by atoms with Crippen molar-refractivity contribution in [2.24, 2.45) is 7.05 Å². The molecule has 0 aliphatic carbocycles. The Morgan fingerprint density at radius 3 is 2.62 bits per heavy atom. The van der Waals surface area contributed by atoms with Gasteiger partial charge < -0.3 is 20.0 Å². The number of carbonyl (C=O) groups excluding carboxylic acids is 1. The van der Waals surface area contributed by atoms with Gasteiger partial charge in [0.25, 0.3) is 0 Å². The van der Waals surface area contributed by atoms with Crippen LogP contribution in [0.5, 0.6) is 0 Å². The number of urea groups is 1. The van der Waals surface area contributed by atoms with Crippen LogP contribution in [0.3, 0.4) is 0 Å². The normalized spacial score (nSPS) is 11.6. The largest absolute Gasteiger partial charge is 0.434 e. The summed E-state index contributed by atoms with van der Waals surface area (Å²) in [7, 11) is 5.74. The summed E-state index contributed by atoms with van der Waals surface area (Å²) in [4.78, 5) is 26.6. The second-order valence-electron chi connectivity index (χ2n) is 9.02. The van der Waals surface area contributed by atoms with Crippen LogP contribution in [0.2, 0.25) is 0 Å². The van der Waals surface area contributed by atoms with Gasteiger partial charge >= 0.3 is 24.1 Å². The summed E-state index contributed by atoms with van der Waals surface area (Å²) < 4.78 is 47.5. The number of alkyl halides is 3. The molecule has 4 rings (SSSR count). The number of aryl methyl sites for hydroxylation is 1. The van der Waals surface area contributed by atoms with Crippen molar-refractivity contribution in [3.8, 4) is 33.2 Å². The Bertz CT molecular complexity index is 1470. The highest BCUT2D eigenvalue weighted by atomic mass is 32.1. The molecule has 0 unspecified atom stereocenters. The molecule has 15 heteroatoms. The first kappa shape index (κ1) is 28.9. The van der Waals surface area contributed by atoms with E-state index in [-0.39, 0.29) is 10.8 Å². The summed E-state index contributed by atoms with van der Waals surface area (Å²) in [6, 6.07) is 3.13. The third-order valence-electron chi connectivity index (χ3n) is 5.59. The van der Waals surface area contributed by atoms with E-state index in [1.54, 1.807) is 37.1 Å². The quantitative estimate of drug-likeness (QED) is 0.189. The van der Waals surface area contributed by atoms with E-state index in [1.807, 2.05) is 14.1 Å². The summed E-state index contributed by atoms with van der Waals surface area (Å²) >= 11 is 0.842. The Morgan fingerprint density at radius 1 is 1.15 bits per heavy atom. The van der Waals surface area contributed by atoms with Gasteiger partial charge in [0.05, 0.1) is 5.10 Å². The number of thiazole rings is 1. The van der Waals surface area contributed by atoms with Crippen molar-refractivity contribution in [1.82, 2.24) is 30.3 Å². The van der Waals surface area contributed by atoms with Crippen molar-refractivity contribution in [3.05, 3.63) is 41.8 Å². The minimum absolute atomic E-state index is 0.114. The predicted molar refractivity (Wildman–Crippen MR) is 145 cm³/mol. The Hall–Kier alpha value is -4.11. The minimum atomic E-state index is -4.59. The third kappa shape index (κ3) is 7.09. The van der Waals surface area contributed by atoms with E-state index in [4.69, 9.17) is 4.42 Å². The smallest absolute Gasteiger partial charge is 0.364 e. The molecule has 4 aromatic rings. The number of amides is 2. The van der Waals surface area contributed by atoms with Crippen LogP contribution in [0, 0.1) is 0 Å². The summed E-state index contributed by atoms with van der Waals surface area (Å²) in [5.74, 6) is 0.589. The van der Waals surface area contributed by atoms with E-state index in [0.29, 0.717) is 47.2 Å². The maximum Gasteiger partial charge on any atom is 0.434 e. The lowest BCUT2D eigenvalue weighted by Crippen LogP contribution is -2.32. The number of nitrogens with zero attached hydrogens (tertiary/aromatic N) is 6. The van der Waals surface area contributed by atoms with Crippen LogP contribution in [0.1, 0.15) is 19.0 Å². The zero-order valence-electron chi connectivity index (χ0n) is 22.3. The number of hydrogen-bond acceptors (Lipinski definition) is 9. The van der Waals surface area contributed by atoms with Gasteiger partial charge in [-0.2, -0.15) is 13.2 Å². The first-order valence-corrected chi connectivity index (χ1v) is 13.2. The topological polar surface area (TPSA) is 125 Å². The number of nitrogens with one attached hydrogen (secondary N) is 3. The van der Waals surface area contributed by atoms with Crippen LogP contribution in [0.15, 0.2) is 40.5 Å². The van der Waals surface area contributed by atoms with Crippen LogP contribution in [0.4, 0.5) is 29.8 Å². The molecule has 0 spiro atoms. The molecule has 0 aliphatic heterocycles. The van der Waals surface area contributed by atoms with E-state index < -0.39 is 17.9 Å². The van der Waals surface area contributed by atoms with Gasteiger partial charge in [-0.3, -0.25) is 10.3 Å². The fourth-order valence-corrected chi connectivity index (χ4v) is 4.61. The molecule has 2 amide bonds. The van der Waals surface area contributed by atoms with Gasteiger partial charge in [-0.15, -0.1) is 11.3 Å². The van der Waals surface area contributed by atoms with Crippen molar-refractivity contribution >= 4 is 29.2 Å². The van der Waals surface area contributed by atoms with Gasteiger partial charge in [0, 0.05) is 53.8 Å². The van der Waals surface area contributed by atoms with Gasteiger partial charge in [0.15, 0.2) is 12.7 Å². The maximum absolute atomic E-state index is 13.3. The zero-order chi connectivity index (χ0) is 28.9. The molecule has 40 heavy (non-hydrogen) atoms. The number of hydrogen-bond donors (Lipinski definition) is 3. The second-order valence-corrected chi connectivity index (χ2v) is 9.88. The lowest BCUT2D eigenvalue weighted by Gasteiger charge is -2.11. The van der Waals surface area contributed by atoms with E-state index in [0.717, 1.165) is 29.7 Å². The van der Waals surface area contributed by atoms with Crippen molar-refractivity contribution in [1.29, 1.82) is 0 Å². The molecule has 3 N–H and O–H groups in total. The van der Waals surface area contributed by atoms with Crippen LogP contribution >= 0.6 is 11.3 Å². The lowest BCUT2D eigenvalue weighted by molar-refractivity contribution is -0.719. The molecule has 0 bridgehead atoms. The van der Waals surface area contributed by atoms with Crippen molar-refractivity contribution in [2.75, 3.05) is 44.4 Å². The molecule has 0 saturated heterocycles. The number of aromatic nitrogens is 5. The van der Waals surface area contributed by atoms with Gasteiger partial charge in [0.2, 0.25) is 0 Å². The first-order valence-electron chi connectivity index (χ1n) is 12.3. The average Bonchev–Trinajstić information content (AvgIpc) is 3.54. The van der Waals surface area contributed by atoms with Gasteiger partial charge in [0.1, 0.15) is 16.4 Å². The fourth-order valence-electron chi connectivity index (χ4n) is 3.75. The Kier molecular flexibility index (Phi) is 8.94. The molecule has 0 aliphatic rings. The number of carbonyl (C=O) groups is 1. The van der Waals surface area contributed by atoms with E-state index in [9.17, 15) is 18.0 Å². The molecular formula is C25H29F3N9O2S+. The molecule has 0 radical (unpaired) electrons. The van der Waals surface area contributed by atoms with Gasteiger partial charge in [-0.05, 0) is 50.8 Å². The molecule has 0 aromatic carbocycles. The van der Waals surface area contributed by atoms with Crippen molar-refractivity contribution < 1.29 is 27.1 Å². The van der Waals surface area contributed by atoms with Crippen LogP contribution in [-0.2, 0) is 13.2 Å². The van der Waals surface area contributed by atoms with Gasteiger partial charge in [-0.25, -0.2) is 14.8 Å². The van der Waals surface area contributed by atoms with Crippen molar-refractivity contribution in [3.63, 3.8) is 0 Å². The first-order chi connectivity index (χ1) is 19.0. The maximum atomic E-state index is 13.3. The number of rotatable bonds is 10. The second kappa shape index (κ2) is 12.4. The molecule has 4 aromatic heterocycles. The third-order valence-corrected chi connectivity index (χ3v) is 6.47. The Labute approximate surface area is 232 Å². The lowest BCUT2D eigenvalue weighted by atomic mass is 10.0. The highest BCUT2D eigenvalue weighted by Gasteiger charge is 2.34. The SMILES string of the molecule is CCNC(=O)Nc1cc(-c2nc(C(F)(F)F)cs2)c(-c2cncc(-c3oc(NCCCN(C)C)n[n+]3C)c2)cn1. The molecule has 4 heterocycles. The van der Waals surface area contributed by atoms with Crippen molar-refractivity contribution in [2.45, 2.75) is 19.5 Å². The predicted octanol–water partition coefficient (Wildman–Crippen LogP) is 4.27. The summed E-state index contributed by atoms with van der Waals surface area (Å²) in [5.41, 5.74) is 0.985. The molecular weight excluding hydrogens is 547 g/mol. The fraction of sp³-hybridized carbons (Fsp3) is 0.360. The van der Waals surface area contributed by atoms with E-state index in [1.165, 1.54) is 12.3 Å². The molecule has 11 nitrogen and oxygen atoms in total. The van der Waals surface area contributed by atoms with Gasteiger partial charge in [-0.1, -0.05) is 0 Å². The molecule has 0 atom stereocenters. The van der Waals surface area contributed by atoms with Crippen LogP contribution < -0.4 is 20.6 Å². The number of pyridine rings is 2. The van der Waals surface area contributed by atoms with E-state index >= 15 is 0 Å². The Balaban J connectivity index is 1.69. The standard InChI is InChI=1S/C25H28F3N9O2S/c1-5-30-23(38)34-20-10-17(21-33-19(14-40-21)25(26,27)28)18(13-32-20)15-9-16(12-29-11-15)22-37(4)35-24(39-22)31-7-6-8-36(2)3/h9-14H,5-8H2,1-4H3,(H2-,30,31,32,34,35,38)/p+1. The highest BCUT2D eigenvalue weighted by Crippen LogP contribution is 2.38. The summed E-state index contributed by atoms with van der Waals surface area (Å²) in [5, 5.41) is 13.8. The highest BCUT2D eigenvalue weighted by molar-refractivity contribution is 7.13. The minimum Gasteiger partial charge on any atom is -0.364 e. The number of anilines is 2. The average molecular weight is 577 g/mol. The number of halogens is 3. The zero-order valence-corrected chi connectivity index (χ0v) is 23.2. The van der Waals surface area contributed by atoms with Crippen LogP contribution in [0.25, 0.3) is 33.2 Å². The molecule has 0 fully saturated rings. The molecule has 0 saturated carbocycles.